The van der Waals surface area contributed by atoms with E-state index in [0.717, 1.165) is 0 Å². The Kier molecular flexibility index (Phi) is 6.89. The number of nitrogens with one attached hydrogen (secondary N) is 2. The Hall–Kier alpha value is -1.79. The molecule has 110 valence electrons. The maximum Gasteiger partial charge on any atom is 0.326 e. The summed E-state index contributed by atoms with van der Waals surface area (Å²) in [6, 6.07) is -2.34. The number of carbonyl (C=O) groups is 3. The van der Waals surface area contributed by atoms with Crippen LogP contribution in [0.3, 0.4) is 0 Å². The van der Waals surface area contributed by atoms with Crippen molar-refractivity contribution in [2.24, 2.45) is 5.92 Å². The number of amides is 3. The van der Waals surface area contributed by atoms with E-state index in [-0.39, 0.29) is 11.8 Å². The highest BCUT2D eigenvalue weighted by Crippen LogP contribution is 2.01. The second kappa shape index (κ2) is 7.60. The van der Waals surface area contributed by atoms with Crippen LogP contribution in [0.5, 0.6) is 0 Å². The van der Waals surface area contributed by atoms with Gasteiger partial charge in [-0.25, -0.2) is 9.59 Å². The SMILES string of the molecule is CCN(C)C(=O)C(C)NC(=O)N[C@@H](C(=O)O)C(C)C. The van der Waals surface area contributed by atoms with E-state index in [9.17, 15) is 14.4 Å². The molecule has 0 aromatic heterocycles. The first-order valence-corrected chi connectivity index (χ1v) is 6.25. The summed E-state index contributed by atoms with van der Waals surface area (Å²) in [5, 5.41) is 13.7. The van der Waals surface area contributed by atoms with Gasteiger partial charge in [0, 0.05) is 13.6 Å². The van der Waals surface area contributed by atoms with Crippen molar-refractivity contribution in [1.29, 1.82) is 0 Å². The molecule has 0 aliphatic carbocycles. The smallest absolute Gasteiger partial charge is 0.326 e. The van der Waals surface area contributed by atoms with Crippen LogP contribution in [-0.4, -0.2) is 53.6 Å². The predicted octanol–water partition coefficient (Wildman–Crippen LogP) is 0.262. The van der Waals surface area contributed by atoms with Gasteiger partial charge in [-0.2, -0.15) is 0 Å². The number of likely N-dealkylation sites (N-methyl/N-ethyl adjacent to an activating group) is 1. The largest absolute Gasteiger partial charge is 0.480 e. The lowest BCUT2D eigenvalue weighted by Gasteiger charge is -2.23. The third-order valence-electron chi connectivity index (χ3n) is 2.79. The second-order valence-corrected chi connectivity index (χ2v) is 4.75. The lowest BCUT2D eigenvalue weighted by molar-refractivity contribution is -0.140. The molecule has 2 atom stereocenters. The number of rotatable bonds is 6. The van der Waals surface area contributed by atoms with Crippen LogP contribution in [0.25, 0.3) is 0 Å². The number of carbonyl (C=O) groups excluding carboxylic acids is 2. The van der Waals surface area contributed by atoms with Crippen LogP contribution in [0.4, 0.5) is 4.79 Å². The van der Waals surface area contributed by atoms with E-state index in [1.54, 1.807) is 27.8 Å². The van der Waals surface area contributed by atoms with Crippen molar-refractivity contribution in [3.8, 4) is 0 Å². The third-order valence-corrected chi connectivity index (χ3v) is 2.79. The van der Waals surface area contributed by atoms with Crippen LogP contribution in [0.2, 0.25) is 0 Å². The van der Waals surface area contributed by atoms with Crippen molar-refractivity contribution in [3.05, 3.63) is 0 Å². The fraction of sp³-hybridized carbons (Fsp3) is 0.750. The van der Waals surface area contributed by atoms with Crippen molar-refractivity contribution in [2.45, 2.75) is 39.8 Å². The Labute approximate surface area is 113 Å². The molecule has 0 spiro atoms. The molecular weight excluding hydrogens is 250 g/mol. The van der Waals surface area contributed by atoms with Crippen molar-refractivity contribution in [3.63, 3.8) is 0 Å². The summed E-state index contributed by atoms with van der Waals surface area (Å²) in [4.78, 5) is 35.8. The van der Waals surface area contributed by atoms with Gasteiger partial charge in [-0.1, -0.05) is 13.8 Å². The van der Waals surface area contributed by atoms with Crippen LogP contribution in [0, 0.1) is 5.92 Å². The first-order valence-electron chi connectivity index (χ1n) is 6.25. The van der Waals surface area contributed by atoms with Crippen LogP contribution in [-0.2, 0) is 9.59 Å². The molecule has 0 heterocycles. The molecule has 7 heteroatoms. The molecule has 0 saturated heterocycles. The fourth-order valence-electron chi connectivity index (χ4n) is 1.44. The Morgan fingerprint density at radius 1 is 1.16 bits per heavy atom. The number of nitrogens with zero attached hydrogens (tertiary/aromatic N) is 1. The zero-order chi connectivity index (χ0) is 15.2. The van der Waals surface area contributed by atoms with Gasteiger partial charge in [0.05, 0.1) is 0 Å². The maximum absolute atomic E-state index is 11.7. The summed E-state index contributed by atoms with van der Waals surface area (Å²) in [6.07, 6.45) is 0. The minimum absolute atomic E-state index is 0.228. The molecule has 0 aliphatic heterocycles. The lowest BCUT2D eigenvalue weighted by Crippen LogP contribution is -2.53. The lowest BCUT2D eigenvalue weighted by atomic mass is 10.1. The van der Waals surface area contributed by atoms with E-state index in [1.165, 1.54) is 4.90 Å². The predicted molar refractivity (Wildman–Crippen MR) is 70.7 cm³/mol. The van der Waals surface area contributed by atoms with Crippen LogP contribution < -0.4 is 10.6 Å². The van der Waals surface area contributed by atoms with E-state index in [1.807, 2.05) is 6.92 Å². The van der Waals surface area contributed by atoms with Gasteiger partial charge in [0.15, 0.2) is 0 Å². The first-order chi connectivity index (χ1) is 8.70. The minimum Gasteiger partial charge on any atom is -0.480 e. The Morgan fingerprint density at radius 3 is 2.05 bits per heavy atom. The standard InChI is InChI=1S/C12H23N3O4/c1-6-15(5)10(16)8(4)13-12(19)14-9(7(2)3)11(17)18/h7-9H,6H2,1-5H3,(H,17,18)(H2,13,14,19)/t8?,9-/m1/s1. The number of hydrogen-bond donors (Lipinski definition) is 3. The number of urea groups is 1. The molecule has 0 aliphatic rings. The minimum atomic E-state index is -1.10. The van der Waals surface area contributed by atoms with Crippen molar-refractivity contribution in [1.82, 2.24) is 15.5 Å². The molecule has 0 radical (unpaired) electrons. The average molecular weight is 273 g/mol. The zero-order valence-corrected chi connectivity index (χ0v) is 12.1. The van der Waals surface area contributed by atoms with Crippen molar-refractivity contribution in [2.75, 3.05) is 13.6 Å². The summed E-state index contributed by atoms with van der Waals surface area (Å²) < 4.78 is 0. The van der Waals surface area contributed by atoms with Gasteiger partial charge in [0.25, 0.3) is 0 Å². The van der Waals surface area contributed by atoms with E-state index in [0.29, 0.717) is 6.54 Å². The van der Waals surface area contributed by atoms with Gasteiger partial charge >= 0.3 is 12.0 Å². The summed E-state index contributed by atoms with van der Waals surface area (Å²) >= 11 is 0. The first kappa shape index (κ1) is 17.2. The number of carboxylic acid groups (broad SMARTS) is 1. The Morgan fingerprint density at radius 2 is 1.68 bits per heavy atom. The monoisotopic (exact) mass is 273 g/mol. The molecule has 0 aromatic carbocycles. The highest BCUT2D eigenvalue weighted by molar-refractivity contribution is 5.88. The third kappa shape index (κ3) is 5.58. The zero-order valence-electron chi connectivity index (χ0n) is 12.1. The van der Waals surface area contributed by atoms with E-state index >= 15 is 0 Å². The van der Waals surface area contributed by atoms with Crippen molar-refractivity contribution < 1.29 is 19.5 Å². The normalized spacial score (nSPS) is 13.6. The molecule has 1 unspecified atom stereocenters. The molecule has 3 amide bonds. The summed E-state index contributed by atoms with van der Waals surface area (Å²) in [5.74, 6) is -1.57. The topological polar surface area (TPSA) is 98.7 Å². The molecule has 0 fully saturated rings. The fourth-order valence-corrected chi connectivity index (χ4v) is 1.44. The summed E-state index contributed by atoms with van der Waals surface area (Å²) in [7, 11) is 1.63. The van der Waals surface area contributed by atoms with E-state index in [2.05, 4.69) is 10.6 Å². The van der Waals surface area contributed by atoms with Gasteiger partial charge in [-0.3, -0.25) is 4.79 Å². The van der Waals surface area contributed by atoms with Crippen LogP contribution in [0.1, 0.15) is 27.7 Å². The molecule has 7 nitrogen and oxygen atoms in total. The van der Waals surface area contributed by atoms with Crippen molar-refractivity contribution >= 4 is 17.9 Å². The van der Waals surface area contributed by atoms with E-state index < -0.39 is 24.1 Å². The Balaban J connectivity index is 4.45. The van der Waals surface area contributed by atoms with Gasteiger partial charge in [0.1, 0.15) is 12.1 Å². The van der Waals surface area contributed by atoms with Gasteiger partial charge in [0.2, 0.25) is 5.91 Å². The molecule has 0 bridgehead atoms. The van der Waals surface area contributed by atoms with Gasteiger partial charge in [-0.15, -0.1) is 0 Å². The quantitative estimate of drug-likeness (QED) is 0.646. The maximum atomic E-state index is 11.7. The molecule has 19 heavy (non-hydrogen) atoms. The molecular formula is C12H23N3O4. The van der Waals surface area contributed by atoms with Crippen LogP contribution >= 0.6 is 0 Å². The average Bonchev–Trinajstić information content (AvgIpc) is 2.32. The van der Waals surface area contributed by atoms with Gasteiger partial charge in [-0.05, 0) is 19.8 Å². The highest BCUT2D eigenvalue weighted by atomic mass is 16.4. The van der Waals surface area contributed by atoms with Crippen LogP contribution in [0.15, 0.2) is 0 Å². The summed E-state index contributed by atoms with van der Waals surface area (Å²) in [6.45, 7) is 7.30. The number of carboxylic acids is 1. The number of aliphatic carboxylic acids is 1. The highest BCUT2D eigenvalue weighted by Gasteiger charge is 2.25. The van der Waals surface area contributed by atoms with Gasteiger partial charge < -0.3 is 20.6 Å². The van der Waals surface area contributed by atoms with E-state index in [4.69, 9.17) is 5.11 Å². The second-order valence-electron chi connectivity index (χ2n) is 4.75. The molecule has 0 saturated carbocycles. The molecule has 3 N–H and O–H groups in total. The molecule has 0 rings (SSSR count). The Bertz CT molecular complexity index is 344. The molecule has 0 aromatic rings. The summed E-state index contributed by atoms with van der Waals surface area (Å²) in [5.41, 5.74) is 0. The number of hydrogen-bond acceptors (Lipinski definition) is 3.